The van der Waals surface area contributed by atoms with E-state index in [0.29, 0.717) is 24.7 Å². The molecule has 6 nitrogen and oxygen atoms in total. The summed E-state index contributed by atoms with van der Waals surface area (Å²) in [6.45, 7) is 2.21. The molecular weight excluding hydrogens is 158 g/mol. The van der Waals surface area contributed by atoms with Crippen molar-refractivity contribution < 1.29 is 4.42 Å². The standard InChI is InChI=1S/C6H9N5O/c1-5-9-10-6(12-5)3-2-4-8-11-7/h2-4H2,1H3. The monoisotopic (exact) mass is 167 g/mol. The highest BCUT2D eigenvalue weighted by Gasteiger charge is 1.99. The molecule has 1 rings (SSSR count). The molecule has 0 amide bonds. The molecule has 0 aliphatic heterocycles. The van der Waals surface area contributed by atoms with Crippen LogP contribution in [-0.2, 0) is 6.42 Å². The normalized spacial score (nSPS) is 9.42. The van der Waals surface area contributed by atoms with Gasteiger partial charge in [-0.3, -0.25) is 0 Å². The van der Waals surface area contributed by atoms with E-state index in [0.717, 1.165) is 6.42 Å². The summed E-state index contributed by atoms with van der Waals surface area (Å²) in [4.78, 5) is 2.63. The second-order valence-corrected chi connectivity index (χ2v) is 2.27. The number of hydrogen-bond acceptors (Lipinski definition) is 4. The average Bonchev–Trinajstić information content (AvgIpc) is 2.45. The predicted molar refractivity (Wildman–Crippen MR) is 41.4 cm³/mol. The lowest BCUT2D eigenvalue weighted by Gasteiger charge is -1.88. The first-order valence-electron chi connectivity index (χ1n) is 3.63. The van der Waals surface area contributed by atoms with E-state index in [1.54, 1.807) is 6.92 Å². The quantitative estimate of drug-likeness (QED) is 0.295. The number of rotatable bonds is 4. The highest BCUT2D eigenvalue weighted by molar-refractivity contribution is 4.78. The molecule has 0 aromatic carbocycles. The Morgan fingerprint density at radius 3 is 3.00 bits per heavy atom. The van der Waals surface area contributed by atoms with Crippen molar-refractivity contribution in [2.75, 3.05) is 6.54 Å². The number of aromatic nitrogens is 2. The zero-order valence-corrected chi connectivity index (χ0v) is 6.77. The summed E-state index contributed by atoms with van der Waals surface area (Å²) in [7, 11) is 0. The van der Waals surface area contributed by atoms with Crippen LogP contribution in [0.3, 0.4) is 0 Å². The zero-order valence-electron chi connectivity index (χ0n) is 6.77. The van der Waals surface area contributed by atoms with Gasteiger partial charge in [-0.2, -0.15) is 0 Å². The molecule has 1 aromatic heterocycles. The molecule has 0 unspecified atom stereocenters. The summed E-state index contributed by atoms with van der Waals surface area (Å²) in [5.74, 6) is 1.16. The SMILES string of the molecule is Cc1nnc(CCCN=[N+]=[N-])o1. The summed E-state index contributed by atoms with van der Waals surface area (Å²) in [5, 5.41) is 10.8. The van der Waals surface area contributed by atoms with E-state index in [1.165, 1.54) is 0 Å². The van der Waals surface area contributed by atoms with Crippen molar-refractivity contribution in [3.05, 3.63) is 22.2 Å². The van der Waals surface area contributed by atoms with Crippen molar-refractivity contribution in [2.24, 2.45) is 5.11 Å². The molecule has 0 fully saturated rings. The first-order chi connectivity index (χ1) is 5.83. The summed E-state index contributed by atoms with van der Waals surface area (Å²) in [6, 6.07) is 0. The molecular formula is C6H9N5O. The summed E-state index contributed by atoms with van der Waals surface area (Å²) in [6.07, 6.45) is 1.41. The van der Waals surface area contributed by atoms with Gasteiger partial charge in [0, 0.05) is 24.8 Å². The number of nitrogens with zero attached hydrogens (tertiary/aromatic N) is 5. The van der Waals surface area contributed by atoms with Gasteiger partial charge in [-0.25, -0.2) is 0 Å². The first-order valence-corrected chi connectivity index (χ1v) is 3.63. The highest BCUT2D eigenvalue weighted by Crippen LogP contribution is 2.00. The van der Waals surface area contributed by atoms with Crippen LogP contribution in [0.1, 0.15) is 18.2 Å². The summed E-state index contributed by atoms with van der Waals surface area (Å²) in [5.41, 5.74) is 7.97. The number of aryl methyl sites for hydroxylation is 2. The van der Waals surface area contributed by atoms with Crippen LogP contribution >= 0.6 is 0 Å². The minimum Gasteiger partial charge on any atom is -0.426 e. The van der Waals surface area contributed by atoms with Crippen molar-refractivity contribution in [3.8, 4) is 0 Å². The topological polar surface area (TPSA) is 87.7 Å². The molecule has 0 spiro atoms. The molecule has 0 atom stereocenters. The van der Waals surface area contributed by atoms with Gasteiger partial charge in [0.05, 0.1) is 0 Å². The van der Waals surface area contributed by atoms with Gasteiger partial charge in [0.15, 0.2) is 0 Å². The van der Waals surface area contributed by atoms with Crippen LogP contribution in [0.5, 0.6) is 0 Å². The third-order valence-electron chi connectivity index (χ3n) is 1.28. The smallest absolute Gasteiger partial charge is 0.216 e. The van der Waals surface area contributed by atoms with Gasteiger partial charge < -0.3 is 4.42 Å². The summed E-state index contributed by atoms with van der Waals surface area (Å²) < 4.78 is 5.11. The van der Waals surface area contributed by atoms with Gasteiger partial charge in [-0.15, -0.1) is 10.2 Å². The Bertz CT molecular complexity index is 288. The van der Waals surface area contributed by atoms with Gasteiger partial charge in [0.2, 0.25) is 11.8 Å². The van der Waals surface area contributed by atoms with E-state index in [9.17, 15) is 0 Å². The fraction of sp³-hybridized carbons (Fsp3) is 0.667. The minimum absolute atomic E-state index is 0.470. The van der Waals surface area contributed by atoms with Gasteiger partial charge in [0.25, 0.3) is 0 Å². The molecule has 0 aliphatic rings. The van der Waals surface area contributed by atoms with E-state index < -0.39 is 0 Å². The molecule has 64 valence electrons. The molecule has 0 aliphatic carbocycles. The molecule has 0 N–H and O–H groups in total. The van der Waals surface area contributed by atoms with Gasteiger partial charge >= 0.3 is 0 Å². The van der Waals surface area contributed by atoms with E-state index >= 15 is 0 Å². The maximum absolute atomic E-state index is 7.97. The molecule has 0 radical (unpaired) electrons. The Hall–Kier alpha value is -1.55. The van der Waals surface area contributed by atoms with Gasteiger partial charge in [-0.05, 0) is 12.0 Å². The molecule has 0 saturated carbocycles. The Balaban J connectivity index is 2.28. The van der Waals surface area contributed by atoms with E-state index in [2.05, 4.69) is 20.2 Å². The molecule has 6 heteroatoms. The van der Waals surface area contributed by atoms with E-state index in [-0.39, 0.29) is 0 Å². The lowest BCUT2D eigenvalue weighted by atomic mass is 10.3. The van der Waals surface area contributed by atoms with Crippen LogP contribution in [0.15, 0.2) is 9.53 Å². The van der Waals surface area contributed by atoms with E-state index in [4.69, 9.17) is 9.95 Å². The maximum atomic E-state index is 7.97. The Kier molecular flexibility index (Phi) is 3.10. The first kappa shape index (κ1) is 8.55. The fourth-order valence-corrected chi connectivity index (χ4v) is 0.784. The van der Waals surface area contributed by atoms with Crippen molar-refractivity contribution in [1.82, 2.24) is 10.2 Å². The Morgan fingerprint density at radius 2 is 2.42 bits per heavy atom. The molecule has 1 heterocycles. The fourth-order valence-electron chi connectivity index (χ4n) is 0.784. The van der Waals surface area contributed by atoms with Crippen molar-refractivity contribution in [3.63, 3.8) is 0 Å². The predicted octanol–water partition coefficient (Wildman–Crippen LogP) is 1.62. The largest absolute Gasteiger partial charge is 0.426 e. The van der Waals surface area contributed by atoms with Gasteiger partial charge in [0.1, 0.15) is 0 Å². The Morgan fingerprint density at radius 1 is 1.58 bits per heavy atom. The summed E-state index contributed by atoms with van der Waals surface area (Å²) >= 11 is 0. The van der Waals surface area contributed by atoms with Crippen molar-refractivity contribution in [1.29, 1.82) is 0 Å². The molecule has 1 aromatic rings. The molecule has 0 bridgehead atoms. The lowest BCUT2D eigenvalue weighted by Crippen LogP contribution is -1.87. The molecule has 12 heavy (non-hydrogen) atoms. The van der Waals surface area contributed by atoms with Gasteiger partial charge in [-0.1, -0.05) is 5.11 Å². The average molecular weight is 167 g/mol. The van der Waals surface area contributed by atoms with Crippen molar-refractivity contribution in [2.45, 2.75) is 19.8 Å². The van der Waals surface area contributed by atoms with Crippen LogP contribution in [0.4, 0.5) is 0 Å². The zero-order chi connectivity index (χ0) is 8.81. The third kappa shape index (κ3) is 2.59. The minimum atomic E-state index is 0.470. The van der Waals surface area contributed by atoms with Crippen LogP contribution in [0, 0.1) is 6.92 Å². The third-order valence-corrected chi connectivity index (χ3v) is 1.28. The van der Waals surface area contributed by atoms with Crippen LogP contribution in [0.25, 0.3) is 10.4 Å². The van der Waals surface area contributed by atoms with E-state index in [1.807, 2.05) is 0 Å². The maximum Gasteiger partial charge on any atom is 0.216 e. The van der Waals surface area contributed by atoms with Crippen LogP contribution in [-0.4, -0.2) is 16.7 Å². The van der Waals surface area contributed by atoms with Crippen LogP contribution < -0.4 is 0 Å². The van der Waals surface area contributed by atoms with Crippen LogP contribution in [0.2, 0.25) is 0 Å². The number of hydrogen-bond donors (Lipinski definition) is 0. The van der Waals surface area contributed by atoms with Crippen molar-refractivity contribution >= 4 is 0 Å². The Labute approximate surface area is 69.2 Å². The lowest BCUT2D eigenvalue weighted by molar-refractivity contribution is 0.462. The number of azide groups is 1. The second-order valence-electron chi connectivity index (χ2n) is 2.27. The highest BCUT2D eigenvalue weighted by atomic mass is 16.4. The molecule has 0 saturated heterocycles. The second kappa shape index (κ2) is 4.35.